The van der Waals surface area contributed by atoms with E-state index in [4.69, 9.17) is 14.3 Å². The van der Waals surface area contributed by atoms with Gasteiger partial charge in [-0.05, 0) is 46.3 Å². The number of halogens is 1. The molecule has 0 atom stereocenters. The average molecular weight is 340 g/mol. The third-order valence-corrected chi connectivity index (χ3v) is 2.93. The van der Waals surface area contributed by atoms with Crippen LogP contribution in [0, 0.1) is 0 Å². The van der Waals surface area contributed by atoms with E-state index in [1.807, 2.05) is 0 Å². The molecule has 1 aromatic heterocycles. The van der Waals surface area contributed by atoms with E-state index in [1.54, 1.807) is 12.1 Å². The van der Waals surface area contributed by atoms with Gasteiger partial charge < -0.3 is 19.6 Å². The molecule has 7 heteroatoms. The number of furan rings is 1. The second-order valence-electron chi connectivity index (χ2n) is 3.77. The molecule has 20 heavy (non-hydrogen) atoms. The summed E-state index contributed by atoms with van der Waals surface area (Å²) in [6, 6.07) is 7.39. The Morgan fingerprint density at radius 2 is 2.05 bits per heavy atom. The molecule has 0 saturated heterocycles. The van der Waals surface area contributed by atoms with E-state index < -0.39 is 11.9 Å². The Hall–Kier alpha value is -2.28. The number of benzene rings is 1. The van der Waals surface area contributed by atoms with Crippen molar-refractivity contribution in [1.82, 2.24) is 0 Å². The first-order valence-corrected chi connectivity index (χ1v) is 6.28. The first kappa shape index (κ1) is 14.1. The van der Waals surface area contributed by atoms with E-state index in [1.165, 1.54) is 25.3 Å². The van der Waals surface area contributed by atoms with Gasteiger partial charge in [0.1, 0.15) is 5.75 Å². The number of anilines is 1. The average Bonchev–Trinajstić information content (AvgIpc) is 2.85. The topological polar surface area (TPSA) is 88.8 Å². The number of carboxylic acid groups (broad SMARTS) is 1. The Balaban J connectivity index is 2.29. The summed E-state index contributed by atoms with van der Waals surface area (Å²) >= 11 is 3.09. The first-order chi connectivity index (χ1) is 9.51. The molecule has 0 radical (unpaired) electrons. The molecule has 0 fully saturated rings. The summed E-state index contributed by atoms with van der Waals surface area (Å²) in [6.07, 6.45) is 0. The zero-order valence-corrected chi connectivity index (χ0v) is 11.9. The zero-order valence-electron chi connectivity index (χ0n) is 10.3. The lowest BCUT2D eigenvalue weighted by Gasteiger charge is -2.09. The van der Waals surface area contributed by atoms with Crippen LogP contribution in [0.25, 0.3) is 0 Å². The molecule has 1 aromatic carbocycles. The number of nitrogens with one attached hydrogen (secondary N) is 1. The Labute approximate surface area is 122 Å². The lowest BCUT2D eigenvalue weighted by Crippen LogP contribution is -2.14. The molecular weight excluding hydrogens is 330 g/mol. The monoisotopic (exact) mass is 339 g/mol. The maximum absolute atomic E-state index is 11.9. The summed E-state index contributed by atoms with van der Waals surface area (Å²) in [7, 11) is 1.43. The van der Waals surface area contributed by atoms with Crippen LogP contribution in [0.2, 0.25) is 0 Å². The lowest BCUT2D eigenvalue weighted by molar-refractivity contribution is 0.0697. The van der Waals surface area contributed by atoms with Gasteiger partial charge in [-0.25, -0.2) is 4.79 Å². The highest BCUT2D eigenvalue weighted by Crippen LogP contribution is 2.23. The van der Waals surface area contributed by atoms with Crippen molar-refractivity contribution in [3.8, 4) is 5.75 Å². The molecule has 1 heterocycles. The van der Waals surface area contributed by atoms with Gasteiger partial charge in [-0.3, -0.25) is 4.79 Å². The van der Waals surface area contributed by atoms with Crippen molar-refractivity contribution in [2.24, 2.45) is 0 Å². The lowest BCUT2D eigenvalue weighted by atomic mass is 10.1. The van der Waals surface area contributed by atoms with Gasteiger partial charge in [0.15, 0.2) is 10.4 Å². The highest BCUT2D eigenvalue weighted by Gasteiger charge is 2.16. The summed E-state index contributed by atoms with van der Waals surface area (Å²) < 4.78 is 10.5. The molecule has 0 bridgehead atoms. The minimum absolute atomic E-state index is 0.0664. The predicted octanol–water partition coefficient (Wildman–Crippen LogP) is 3.00. The van der Waals surface area contributed by atoms with Crippen LogP contribution < -0.4 is 10.1 Å². The third kappa shape index (κ3) is 3.00. The molecule has 0 aliphatic carbocycles. The van der Waals surface area contributed by atoms with E-state index >= 15 is 0 Å². The Morgan fingerprint density at radius 3 is 2.60 bits per heavy atom. The smallest absolute Gasteiger partial charge is 0.337 e. The zero-order chi connectivity index (χ0) is 14.7. The second kappa shape index (κ2) is 5.79. The van der Waals surface area contributed by atoms with Gasteiger partial charge in [0.05, 0.1) is 18.4 Å². The predicted molar refractivity (Wildman–Crippen MR) is 74.3 cm³/mol. The maximum Gasteiger partial charge on any atom is 0.337 e. The van der Waals surface area contributed by atoms with E-state index in [0.29, 0.717) is 10.4 Å². The molecule has 0 aliphatic rings. The van der Waals surface area contributed by atoms with E-state index in [0.717, 1.165) is 0 Å². The Morgan fingerprint density at radius 1 is 1.30 bits per heavy atom. The standard InChI is InChI=1S/C13H10BrNO5/c1-19-7-2-3-9(8(6-7)13(17)18)15-12(16)10-4-5-11(14)20-10/h2-6H,1H3,(H,15,16)(H,17,18). The van der Waals surface area contributed by atoms with Gasteiger partial charge in [-0.1, -0.05) is 0 Å². The number of amides is 1. The molecule has 6 nitrogen and oxygen atoms in total. The van der Waals surface area contributed by atoms with Crippen molar-refractivity contribution < 1.29 is 23.8 Å². The van der Waals surface area contributed by atoms with Crippen molar-refractivity contribution in [1.29, 1.82) is 0 Å². The van der Waals surface area contributed by atoms with E-state index in [9.17, 15) is 9.59 Å². The number of rotatable bonds is 4. The molecule has 0 unspecified atom stereocenters. The van der Waals surface area contributed by atoms with Gasteiger partial charge >= 0.3 is 5.97 Å². The molecule has 0 aliphatic heterocycles. The number of carboxylic acids is 1. The summed E-state index contributed by atoms with van der Waals surface area (Å²) in [4.78, 5) is 23.1. The fourth-order valence-corrected chi connectivity index (χ4v) is 1.86. The fourth-order valence-electron chi connectivity index (χ4n) is 1.56. The van der Waals surface area contributed by atoms with Gasteiger partial charge in [-0.15, -0.1) is 0 Å². The van der Waals surface area contributed by atoms with Crippen molar-refractivity contribution in [2.75, 3.05) is 12.4 Å². The fraction of sp³-hybridized carbons (Fsp3) is 0.0769. The minimum Gasteiger partial charge on any atom is -0.497 e. The molecule has 0 saturated carbocycles. The van der Waals surface area contributed by atoms with Gasteiger partial charge in [-0.2, -0.15) is 0 Å². The molecule has 104 valence electrons. The Bertz CT molecular complexity index is 665. The molecule has 1 amide bonds. The molecular formula is C13H10BrNO5. The number of carbonyl (C=O) groups is 2. The quantitative estimate of drug-likeness (QED) is 0.893. The molecule has 2 N–H and O–H groups in total. The number of carbonyl (C=O) groups excluding carboxylic acids is 1. The van der Waals surface area contributed by atoms with Crippen LogP contribution in [0.3, 0.4) is 0 Å². The number of ether oxygens (including phenoxy) is 1. The van der Waals surface area contributed by atoms with Crippen LogP contribution in [0.15, 0.2) is 39.4 Å². The van der Waals surface area contributed by atoms with Crippen molar-refractivity contribution in [3.63, 3.8) is 0 Å². The van der Waals surface area contributed by atoms with Crippen LogP contribution in [-0.2, 0) is 0 Å². The molecule has 2 aromatic rings. The molecule has 2 rings (SSSR count). The summed E-state index contributed by atoms with van der Waals surface area (Å²) in [5.74, 6) is -1.24. The van der Waals surface area contributed by atoms with E-state index in [2.05, 4.69) is 21.2 Å². The van der Waals surface area contributed by atoms with Gasteiger partial charge in [0, 0.05) is 0 Å². The van der Waals surface area contributed by atoms with Crippen molar-refractivity contribution in [2.45, 2.75) is 0 Å². The Kier molecular flexibility index (Phi) is 4.09. The summed E-state index contributed by atoms with van der Waals surface area (Å²) in [6.45, 7) is 0. The summed E-state index contributed by atoms with van der Waals surface area (Å²) in [5, 5.41) is 11.6. The highest BCUT2D eigenvalue weighted by atomic mass is 79.9. The summed E-state index contributed by atoms with van der Waals surface area (Å²) in [5.41, 5.74) is 0.0964. The third-order valence-electron chi connectivity index (χ3n) is 2.50. The number of hydrogen-bond acceptors (Lipinski definition) is 4. The second-order valence-corrected chi connectivity index (χ2v) is 4.56. The highest BCUT2D eigenvalue weighted by molar-refractivity contribution is 9.10. The SMILES string of the molecule is COc1ccc(NC(=O)c2ccc(Br)o2)c(C(=O)O)c1. The first-order valence-electron chi connectivity index (χ1n) is 5.49. The van der Waals surface area contributed by atoms with Crippen LogP contribution in [0.1, 0.15) is 20.9 Å². The number of methoxy groups -OCH3 is 1. The van der Waals surface area contributed by atoms with E-state index in [-0.39, 0.29) is 17.0 Å². The van der Waals surface area contributed by atoms with Gasteiger partial charge in [0.25, 0.3) is 5.91 Å². The van der Waals surface area contributed by atoms with Crippen LogP contribution in [0.4, 0.5) is 5.69 Å². The number of hydrogen-bond donors (Lipinski definition) is 2. The maximum atomic E-state index is 11.9. The van der Waals surface area contributed by atoms with Crippen LogP contribution >= 0.6 is 15.9 Å². The largest absolute Gasteiger partial charge is 0.497 e. The van der Waals surface area contributed by atoms with Crippen LogP contribution in [-0.4, -0.2) is 24.1 Å². The van der Waals surface area contributed by atoms with Crippen molar-refractivity contribution >= 4 is 33.5 Å². The number of aromatic carboxylic acids is 1. The normalized spacial score (nSPS) is 10.1. The van der Waals surface area contributed by atoms with Crippen molar-refractivity contribution in [3.05, 3.63) is 46.3 Å². The minimum atomic E-state index is -1.17. The molecule has 0 spiro atoms. The van der Waals surface area contributed by atoms with Gasteiger partial charge in [0.2, 0.25) is 0 Å². The van der Waals surface area contributed by atoms with Crippen LogP contribution in [0.5, 0.6) is 5.75 Å².